The number of carbonyl (C=O) groups excluding carboxylic acids is 2. The van der Waals surface area contributed by atoms with Gasteiger partial charge in [0, 0.05) is 11.3 Å². The number of anilines is 2. The molecule has 1 heterocycles. The van der Waals surface area contributed by atoms with E-state index in [9.17, 15) is 9.59 Å². The van der Waals surface area contributed by atoms with E-state index in [1.807, 2.05) is 36.4 Å². The van der Waals surface area contributed by atoms with Crippen LogP contribution in [0.5, 0.6) is 0 Å². The highest BCUT2D eigenvalue weighted by atomic mass is 32.1. The second kappa shape index (κ2) is 8.91. The lowest BCUT2D eigenvalue weighted by molar-refractivity contribution is -0.145. The first kappa shape index (κ1) is 18.5. The molecule has 7 nitrogen and oxygen atoms in total. The maximum atomic E-state index is 12.5. The summed E-state index contributed by atoms with van der Waals surface area (Å²) < 4.78 is 5.09. The average molecular weight is 382 g/mol. The summed E-state index contributed by atoms with van der Waals surface area (Å²) in [5.74, 6) is -0.967. The first-order chi connectivity index (χ1) is 13.2. The second-order valence-corrected chi connectivity index (χ2v) is 6.47. The highest BCUT2D eigenvalue weighted by Gasteiger charge is 2.28. The Morgan fingerprint density at radius 1 is 1.04 bits per heavy atom. The van der Waals surface area contributed by atoms with Crippen LogP contribution in [0.1, 0.15) is 28.3 Å². The van der Waals surface area contributed by atoms with Crippen molar-refractivity contribution in [3.63, 3.8) is 0 Å². The van der Waals surface area contributed by atoms with E-state index < -0.39 is 12.0 Å². The lowest BCUT2D eigenvalue weighted by Gasteiger charge is -2.14. The third-order valence-corrected chi connectivity index (χ3v) is 4.45. The van der Waals surface area contributed by atoms with E-state index in [1.54, 1.807) is 31.2 Å². The Bertz CT molecular complexity index is 900. The molecule has 1 aromatic heterocycles. The number of hydrogen-bond donors (Lipinski definition) is 2. The van der Waals surface area contributed by atoms with Crippen molar-refractivity contribution in [1.29, 1.82) is 0 Å². The number of esters is 1. The third-order valence-electron chi connectivity index (χ3n) is 3.55. The van der Waals surface area contributed by atoms with Gasteiger partial charge in [0.25, 0.3) is 5.91 Å². The lowest BCUT2D eigenvalue weighted by atomic mass is 10.2. The molecule has 0 radical (unpaired) electrons. The van der Waals surface area contributed by atoms with Crippen molar-refractivity contribution < 1.29 is 14.3 Å². The largest absolute Gasteiger partial charge is 0.464 e. The molecular formula is C19H18N4O3S. The molecule has 1 amide bonds. The van der Waals surface area contributed by atoms with Gasteiger partial charge in [-0.2, -0.15) is 0 Å². The minimum Gasteiger partial charge on any atom is -0.464 e. The molecule has 0 aliphatic rings. The Hall–Kier alpha value is -3.26. The Morgan fingerprint density at radius 2 is 1.70 bits per heavy atom. The minimum atomic E-state index is -1.03. The molecule has 27 heavy (non-hydrogen) atoms. The zero-order valence-electron chi connectivity index (χ0n) is 14.6. The van der Waals surface area contributed by atoms with Crippen LogP contribution in [-0.2, 0) is 9.53 Å². The average Bonchev–Trinajstić information content (AvgIpc) is 3.15. The molecule has 2 aromatic carbocycles. The predicted octanol–water partition coefficient (Wildman–Crippen LogP) is 3.32. The molecule has 2 N–H and O–H groups in total. The Labute approximate surface area is 160 Å². The van der Waals surface area contributed by atoms with Gasteiger partial charge < -0.3 is 15.4 Å². The number of ether oxygens (including phenoxy) is 1. The zero-order chi connectivity index (χ0) is 19.1. The Morgan fingerprint density at radius 3 is 2.37 bits per heavy atom. The van der Waals surface area contributed by atoms with Crippen LogP contribution in [0, 0.1) is 0 Å². The molecule has 0 aliphatic carbocycles. The minimum absolute atomic E-state index is 0.199. The summed E-state index contributed by atoms with van der Waals surface area (Å²) in [6.07, 6.45) is 0. The predicted molar refractivity (Wildman–Crippen MR) is 103 cm³/mol. The summed E-state index contributed by atoms with van der Waals surface area (Å²) in [6.45, 7) is 1.90. The highest BCUT2D eigenvalue weighted by molar-refractivity contribution is 7.15. The number of nitrogens with zero attached hydrogens (tertiary/aromatic N) is 2. The maximum absolute atomic E-state index is 12.5. The van der Waals surface area contributed by atoms with Gasteiger partial charge in [0.2, 0.25) is 5.13 Å². The molecule has 1 unspecified atom stereocenters. The number of carbonyl (C=O) groups is 2. The van der Waals surface area contributed by atoms with Gasteiger partial charge in [0.1, 0.15) is 0 Å². The van der Waals surface area contributed by atoms with Gasteiger partial charge in [-0.05, 0) is 31.2 Å². The van der Waals surface area contributed by atoms with Crippen LogP contribution >= 0.6 is 11.3 Å². The van der Waals surface area contributed by atoms with Gasteiger partial charge in [-0.1, -0.05) is 47.7 Å². The van der Waals surface area contributed by atoms with E-state index in [-0.39, 0.29) is 12.5 Å². The molecule has 0 saturated heterocycles. The molecule has 3 aromatic rings. The van der Waals surface area contributed by atoms with Crippen molar-refractivity contribution in [2.45, 2.75) is 13.0 Å². The Balaban J connectivity index is 1.79. The topological polar surface area (TPSA) is 93.2 Å². The molecule has 0 saturated carbocycles. The smallest absolute Gasteiger partial charge is 0.335 e. The number of benzene rings is 2. The van der Waals surface area contributed by atoms with E-state index in [4.69, 9.17) is 4.74 Å². The number of rotatable bonds is 7. The number of aromatic nitrogens is 2. The number of hydrogen-bond acceptors (Lipinski definition) is 7. The van der Waals surface area contributed by atoms with E-state index in [2.05, 4.69) is 20.8 Å². The monoisotopic (exact) mass is 382 g/mol. The normalized spacial score (nSPS) is 11.4. The summed E-state index contributed by atoms with van der Waals surface area (Å²) in [4.78, 5) is 24.8. The lowest BCUT2D eigenvalue weighted by Crippen LogP contribution is -2.35. The van der Waals surface area contributed by atoms with Gasteiger partial charge in [-0.15, -0.1) is 10.2 Å². The van der Waals surface area contributed by atoms with E-state index in [0.29, 0.717) is 15.7 Å². The molecule has 1 atom stereocenters. The SMILES string of the molecule is CCOC(=O)C(NC(=O)c1ccccc1)c1nnc(Nc2ccccc2)s1. The fourth-order valence-electron chi connectivity index (χ4n) is 2.30. The van der Waals surface area contributed by atoms with Crippen LogP contribution in [0.25, 0.3) is 0 Å². The first-order valence-electron chi connectivity index (χ1n) is 8.35. The second-order valence-electron chi connectivity index (χ2n) is 5.46. The van der Waals surface area contributed by atoms with E-state index in [0.717, 1.165) is 5.69 Å². The van der Waals surface area contributed by atoms with Crippen LogP contribution in [0.3, 0.4) is 0 Å². The summed E-state index contributed by atoms with van der Waals surface area (Å²) in [7, 11) is 0. The summed E-state index contributed by atoms with van der Waals surface area (Å²) in [6, 6.07) is 17.1. The molecule has 0 spiro atoms. The van der Waals surface area contributed by atoms with Crippen LogP contribution in [0.15, 0.2) is 60.7 Å². The first-order valence-corrected chi connectivity index (χ1v) is 9.17. The highest BCUT2D eigenvalue weighted by Crippen LogP contribution is 2.25. The quantitative estimate of drug-likeness (QED) is 0.609. The summed E-state index contributed by atoms with van der Waals surface area (Å²) >= 11 is 1.18. The van der Waals surface area contributed by atoms with Crippen molar-refractivity contribution in [3.8, 4) is 0 Å². The molecule has 138 valence electrons. The van der Waals surface area contributed by atoms with Crippen LogP contribution in [0.2, 0.25) is 0 Å². The fraction of sp³-hybridized carbons (Fsp3) is 0.158. The number of nitrogens with one attached hydrogen (secondary N) is 2. The van der Waals surface area contributed by atoms with Crippen molar-refractivity contribution >= 4 is 34.0 Å². The van der Waals surface area contributed by atoms with Crippen LogP contribution in [-0.4, -0.2) is 28.7 Å². The van der Waals surface area contributed by atoms with Crippen LogP contribution < -0.4 is 10.6 Å². The van der Waals surface area contributed by atoms with Crippen molar-refractivity contribution in [2.24, 2.45) is 0 Å². The third kappa shape index (κ3) is 4.89. The summed E-state index contributed by atoms with van der Waals surface area (Å²) in [5, 5.41) is 14.8. The van der Waals surface area contributed by atoms with E-state index in [1.165, 1.54) is 11.3 Å². The molecular weight excluding hydrogens is 364 g/mol. The van der Waals surface area contributed by atoms with Crippen molar-refractivity contribution in [1.82, 2.24) is 15.5 Å². The van der Waals surface area contributed by atoms with Crippen molar-refractivity contribution in [2.75, 3.05) is 11.9 Å². The molecule has 0 bridgehead atoms. The van der Waals surface area contributed by atoms with Gasteiger partial charge >= 0.3 is 5.97 Å². The number of amides is 1. The fourth-order valence-corrected chi connectivity index (χ4v) is 3.10. The summed E-state index contributed by atoms with van der Waals surface area (Å²) in [5.41, 5.74) is 1.29. The van der Waals surface area contributed by atoms with Gasteiger partial charge in [-0.3, -0.25) is 4.79 Å². The van der Waals surface area contributed by atoms with Gasteiger partial charge in [0.05, 0.1) is 6.61 Å². The zero-order valence-corrected chi connectivity index (χ0v) is 15.4. The molecule has 0 fully saturated rings. The van der Waals surface area contributed by atoms with E-state index >= 15 is 0 Å². The standard InChI is InChI=1S/C19H18N4O3S/c1-2-26-18(25)15(21-16(24)13-9-5-3-6-10-13)17-22-23-19(27-17)20-14-11-7-4-8-12-14/h3-12,15H,2H2,1H3,(H,20,23)(H,21,24). The Kier molecular flexibility index (Phi) is 6.11. The number of para-hydroxylation sites is 1. The molecule has 0 aliphatic heterocycles. The van der Waals surface area contributed by atoms with Gasteiger partial charge in [0.15, 0.2) is 11.0 Å². The molecule has 3 rings (SSSR count). The van der Waals surface area contributed by atoms with Gasteiger partial charge in [-0.25, -0.2) is 4.79 Å². The van der Waals surface area contributed by atoms with Crippen molar-refractivity contribution in [3.05, 3.63) is 71.2 Å². The van der Waals surface area contributed by atoms with Crippen LogP contribution in [0.4, 0.5) is 10.8 Å². The molecule has 8 heteroatoms. The maximum Gasteiger partial charge on any atom is 0.335 e.